The molecule has 0 aromatic heterocycles. The first-order valence-electron chi connectivity index (χ1n) is 7.33. The summed E-state index contributed by atoms with van der Waals surface area (Å²) in [7, 11) is 3.44. The van der Waals surface area contributed by atoms with E-state index >= 15 is 0 Å². The van der Waals surface area contributed by atoms with Gasteiger partial charge < -0.3 is 15.5 Å². The third-order valence-corrected chi connectivity index (χ3v) is 3.86. The predicted octanol–water partition coefficient (Wildman–Crippen LogP) is 1.63. The number of benzene rings is 1. The number of rotatable bonds is 3. The molecule has 1 saturated heterocycles. The molecule has 114 valence electrons. The molecule has 0 radical (unpaired) electrons. The SMILES string of the molecule is Cc1ccc(C(=O)N(C)C)cc1NC(=O)C1CCNCC1. The van der Waals surface area contributed by atoms with Gasteiger partial charge in [-0.1, -0.05) is 6.07 Å². The third-order valence-electron chi connectivity index (χ3n) is 3.86. The fourth-order valence-electron chi connectivity index (χ4n) is 2.47. The van der Waals surface area contributed by atoms with Gasteiger partial charge in [-0.05, 0) is 50.6 Å². The molecule has 1 heterocycles. The molecule has 2 rings (SSSR count). The Morgan fingerprint density at radius 1 is 1.24 bits per heavy atom. The maximum atomic E-state index is 12.3. The molecule has 21 heavy (non-hydrogen) atoms. The molecule has 1 fully saturated rings. The zero-order valence-electron chi connectivity index (χ0n) is 12.9. The van der Waals surface area contributed by atoms with E-state index < -0.39 is 0 Å². The number of hydrogen-bond acceptors (Lipinski definition) is 3. The maximum Gasteiger partial charge on any atom is 0.253 e. The Kier molecular flexibility index (Phi) is 4.96. The molecule has 0 bridgehead atoms. The van der Waals surface area contributed by atoms with Gasteiger partial charge in [-0.3, -0.25) is 9.59 Å². The number of nitrogens with zero attached hydrogens (tertiary/aromatic N) is 1. The maximum absolute atomic E-state index is 12.3. The van der Waals surface area contributed by atoms with Crippen LogP contribution >= 0.6 is 0 Å². The second kappa shape index (κ2) is 6.72. The van der Waals surface area contributed by atoms with Crippen molar-refractivity contribution in [1.29, 1.82) is 0 Å². The van der Waals surface area contributed by atoms with Gasteiger partial charge in [0.25, 0.3) is 5.91 Å². The van der Waals surface area contributed by atoms with Crippen LogP contribution in [0.4, 0.5) is 5.69 Å². The first-order chi connectivity index (χ1) is 9.99. The summed E-state index contributed by atoms with van der Waals surface area (Å²) >= 11 is 0. The van der Waals surface area contributed by atoms with E-state index in [-0.39, 0.29) is 17.7 Å². The normalized spacial score (nSPS) is 15.6. The Hall–Kier alpha value is -1.88. The Morgan fingerprint density at radius 2 is 1.90 bits per heavy atom. The highest BCUT2D eigenvalue weighted by atomic mass is 16.2. The highest BCUT2D eigenvalue weighted by Gasteiger charge is 2.21. The average Bonchev–Trinajstić information content (AvgIpc) is 2.49. The summed E-state index contributed by atoms with van der Waals surface area (Å²) in [5.74, 6) is 0.0419. The molecule has 0 spiro atoms. The highest BCUT2D eigenvalue weighted by molar-refractivity contribution is 5.98. The molecule has 0 aliphatic carbocycles. The number of carbonyl (C=O) groups is 2. The van der Waals surface area contributed by atoms with Crippen LogP contribution in [-0.2, 0) is 4.79 Å². The largest absolute Gasteiger partial charge is 0.345 e. The van der Waals surface area contributed by atoms with Gasteiger partial charge in [0.15, 0.2) is 0 Å². The minimum Gasteiger partial charge on any atom is -0.345 e. The molecule has 1 aromatic rings. The summed E-state index contributed by atoms with van der Waals surface area (Å²) in [4.78, 5) is 25.8. The van der Waals surface area contributed by atoms with E-state index in [1.54, 1.807) is 26.2 Å². The number of hydrogen-bond donors (Lipinski definition) is 2. The lowest BCUT2D eigenvalue weighted by Gasteiger charge is -2.22. The molecule has 5 heteroatoms. The van der Waals surface area contributed by atoms with Crippen molar-refractivity contribution in [3.63, 3.8) is 0 Å². The first-order valence-corrected chi connectivity index (χ1v) is 7.33. The van der Waals surface area contributed by atoms with Crippen LogP contribution in [0.5, 0.6) is 0 Å². The summed E-state index contributed by atoms with van der Waals surface area (Å²) in [6, 6.07) is 5.42. The highest BCUT2D eigenvalue weighted by Crippen LogP contribution is 2.20. The van der Waals surface area contributed by atoms with Crippen LogP contribution in [0.25, 0.3) is 0 Å². The molecule has 1 aliphatic heterocycles. The zero-order chi connectivity index (χ0) is 15.4. The molecule has 2 amide bonds. The van der Waals surface area contributed by atoms with Gasteiger partial charge in [-0.15, -0.1) is 0 Å². The van der Waals surface area contributed by atoms with Crippen LogP contribution in [0.1, 0.15) is 28.8 Å². The monoisotopic (exact) mass is 289 g/mol. The molecule has 1 aromatic carbocycles. The Labute approximate surface area is 125 Å². The van der Waals surface area contributed by atoms with Crippen molar-refractivity contribution >= 4 is 17.5 Å². The van der Waals surface area contributed by atoms with Gasteiger partial charge in [-0.2, -0.15) is 0 Å². The number of aryl methyl sites for hydroxylation is 1. The second-order valence-corrected chi connectivity index (χ2v) is 5.74. The summed E-state index contributed by atoms with van der Waals surface area (Å²) in [5, 5.41) is 6.23. The number of nitrogens with one attached hydrogen (secondary N) is 2. The van der Waals surface area contributed by atoms with Crippen LogP contribution < -0.4 is 10.6 Å². The van der Waals surface area contributed by atoms with Gasteiger partial charge >= 0.3 is 0 Å². The van der Waals surface area contributed by atoms with Crippen LogP contribution in [-0.4, -0.2) is 43.9 Å². The van der Waals surface area contributed by atoms with Gasteiger partial charge in [0, 0.05) is 31.3 Å². The quantitative estimate of drug-likeness (QED) is 0.889. The Bertz CT molecular complexity index is 534. The minimum absolute atomic E-state index is 0.0500. The predicted molar refractivity (Wildman–Crippen MR) is 83.4 cm³/mol. The summed E-state index contributed by atoms with van der Waals surface area (Å²) in [6.07, 6.45) is 1.72. The Balaban J connectivity index is 2.13. The van der Waals surface area contributed by atoms with Gasteiger partial charge in [-0.25, -0.2) is 0 Å². The fraction of sp³-hybridized carbons (Fsp3) is 0.500. The number of amides is 2. The summed E-state index contributed by atoms with van der Waals surface area (Å²) < 4.78 is 0. The van der Waals surface area contributed by atoms with Crippen molar-refractivity contribution in [2.24, 2.45) is 5.92 Å². The number of anilines is 1. The van der Waals surface area contributed by atoms with Gasteiger partial charge in [0.2, 0.25) is 5.91 Å². The standard InChI is InChI=1S/C16H23N3O2/c1-11-4-5-13(16(21)19(2)3)10-14(11)18-15(20)12-6-8-17-9-7-12/h4-5,10,12,17H,6-9H2,1-3H3,(H,18,20). The smallest absolute Gasteiger partial charge is 0.253 e. The molecule has 0 atom stereocenters. The number of carbonyl (C=O) groups excluding carboxylic acids is 2. The van der Waals surface area contributed by atoms with Crippen LogP contribution in [0.3, 0.4) is 0 Å². The lowest BCUT2D eigenvalue weighted by molar-refractivity contribution is -0.120. The molecular formula is C16H23N3O2. The van der Waals surface area contributed by atoms with Gasteiger partial charge in [0.05, 0.1) is 0 Å². The van der Waals surface area contributed by atoms with E-state index in [0.29, 0.717) is 5.56 Å². The molecular weight excluding hydrogens is 266 g/mol. The summed E-state index contributed by atoms with van der Waals surface area (Å²) in [6.45, 7) is 3.70. The molecule has 0 unspecified atom stereocenters. The van der Waals surface area contributed by atoms with Crippen molar-refractivity contribution in [3.05, 3.63) is 29.3 Å². The topological polar surface area (TPSA) is 61.4 Å². The molecule has 2 N–H and O–H groups in total. The minimum atomic E-state index is -0.0626. The van der Waals surface area contributed by atoms with Crippen molar-refractivity contribution in [1.82, 2.24) is 10.2 Å². The van der Waals surface area contributed by atoms with E-state index in [0.717, 1.165) is 37.2 Å². The summed E-state index contributed by atoms with van der Waals surface area (Å²) in [5.41, 5.74) is 2.28. The van der Waals surface area contributed by atoms with Crippen molar-refractivity contribution in [2.75, 3.05) is 32.5 Å². The van der Waals surface area contributed by atoms with E-state index in [1.165, 1.54) is 4.90 Å². The van der Waals surface area contributed by atoms with Crippen molar-refractivity contribution in [2.45, 2.75) is 19.8 Å². The molecule has 5 nitrogen and oxygen atoms in total. The van der Waals surface area contributed by atoms with E-state index in [1.807, 2.05) is 13.0 Å². The van der Waals surface area contributed by atoms with E-state index in [9.17, 15) is 9.59 Å². The average molecular weight is 289 g/mol. The second-order valence-electron chi connectivity index (χ2n) is 5.74. The zero-order valence-corrected chi connectivity index (χ0v) is 12.9. The number of piperidine rings is 1. The molecule has 1 aliphatic rings. The Morgan fingerprint density at radius 3 is 2.52 bits per heavy atom. The third kappa shape index (κ3) is 3.82. The fourth-order valence-corrected chi connectivity index (χ4v) is 2.47. The van der Waals surface area contributed by atoms with Gasteiger partial charge in [0.1, 0.15) is 0 Å². The van der Waals surface area contributed by atoms with Crippen LogP contribution in [0, 0.1) is 12.8 Å². The van der Waals surface area contributed by atoms with E-state index in [4.69, 9.17) is 0 Å². The molecule has 0 saturated carbocycles. The lowest BCUT2D eigenvalue weighted by atomic mass is 9.97. The van der Waals surface area contributed by atoms with Crippen molar-refractivity contribution < 1.29 is 9.59 Å². The lowest BCUT2D eigenvalue weighted by Crippen LogP contribution is -2.34. The van der Waals surface area contributed by atoms with Crippen LogP contribution in [0.2, 0.25) is 0 Å². The van der Waals surface area contributed by atoms with Crippen molar-refractivity contribution in [3.8, 4) is 0 Å². The van der Waals surface area contributed by atoms with Crippen LogP contribution in [0.15, 0.2) is 18.2 Å². The first kappa shape index (κ1) is 15.5. The van der Waals surface area contributed by atoms with E-state index in [2.05, 4.69) is 10.6 Å².